The van der Waals surface area contributed by atoms with Crippen LogP contribution in [0.2, 0.25) is 0 Å². The highest BCUT2D eigenvalue weighted by Crippen LogP contribution is 2.39. The summed E-state index contributed by atoms with van der Waals surface area (Å²) in [6, 6.07) is 8.23. The monoisotopic (exact) mass is 509 g/mol. The summed E-state index contributed by atoms with van der Waals surface area (Å²) in [5, 5.41) is 6.29. The van der Waals surface area contributed by atoms with Crippen LogP contribution >= 0.6 is 0 Å². The molecule has 4 N–H and O–H groups in total. The molecule has 9 nitrogen and oxygen atoms in total. The van der Waals surface area contributed by atoms with Crippen LogP contribution in [0.3, 0.4) is 0 Å². The van der Waals surface area contributed by atoms with Crippen molar-refractivity contribution in [2.75, 3.05) is 54.4 Å². The van der Waals surface area contributed by atoms with Crippen molar-refractivity contribution in [1.29, 1.82) is 0 Å². The van der Waals surface area contributed by atoms with Crippen LogP contribution in [0, 0.1) is 11.6 Å². The number of fused-ring (bicyclic) bond motifs is 1. The zero-order valence-electron chi connectivity index (χ0n) is 20.7. The molecule has 0 saturated carbocycles. The maximum atomic E-state index is 15.0. The summed E-state index contributed by atoms with van der Waals surface area (Å²) in [6.45, 7) is 8.12. The van der Waals surface area contributed by atoms with Gasteiger partial charge >= 0.3 is 0 Å². The van der Waals surface area contributed by atoms with Crippen molar-refractivity contribution in [3.05, 3.63) is 53.7 Å². The van der Waals surface area contributed by atoms with Crippen molar-refractivity contribution in [2.45, 2.75) is 19.9 Å². The Balaban J connectivity index is 1.47. The molecule has 0 spiro atoms. The quantitative estimate of drug-likeness (QED) is 0.465. The molecule has 3 heterocycles. The minimum Gasteiger partial charge on any atom is -0.486 e. The van der Waals surface area contributed by atoms with Crippen molar-refractivity contribution in [3.8, 4) is 17.0 Å². The molecule has 0 aliphatic carbocycles. The van der Waals surface area contributed by atoms with E-state index in [1.807, 2.05) is 24.8 Å². The Morgan fingerprint density at radius 1 is 1.11 bits per heavy atom. The van der Waals surface area contributed by atoms with Crippen molar-refractivity contribution < 1.29 is 18.3 Å². The van der Waals surface area contributed by atoms with Gasteiger partial charge < -0.3 is 30.9 Å². The Morgan fingerprint density at radius 2 is 1.89 bits per heavy atom. The predicted molar refractivity (Wildman–Crippen MR) is 139 cm³/mol. The first-order valence-electron chi connectivity index (χ1n) is 12.2. The van der Waals surface area contributed by atoms with Crippen LogP contribution < -0.4 is 30.9 Å². The van der Waals surface area contributed by atoms with E-state index in [2.05, 4.69) is 25.5 Å². The van der Waals surface area contributed by atoms with Crippen molar-refractivity contribution in [2.24, 2.45) is 5.73 Å². The predicted octanol–water partition coefficient (Wildman–Crippen LogP) is 3.28. The average Bonchev–Trinajstić information content (AvgIpc) is 2.89. The normalized spacial score (nSPS) is 15.4. The zero-order chi connectivity index (χ0) is 26.1. The number of aromatic nitrogens is 2. The van der Waals surface area contributed by atoms with E-state index in [0.717, 1.165) is 38.1 Å². The molecule has 2 aromatic carbocycles. The number of piperazine rings is 1. The Kier molecular flexibility index (Phi) is 6.79. The highest BCUT2D eigenvalue weighted by atomic mass is 19.1. The van der Waals surface area contributed by atoms with Crippen LogP contribution in [0.4, 0.5) is 31.8 Å². The number of rotatable bonds is 6. The molecule has 1 amide bonds. The summed E-state index contributed by atoms with van der Waals surface area (Å²) in [5.41, 5.74) is 8.06. The highest BCUT2D eigenvalue weighted by molar-refractivity contribution is 6.00. The van der Waals surface area contributed by atoms with Gasteiger partial charge in [-0.2, -0.15) is 0 Å². The standard InChI is InChI=1S/C26H29F2N7O2/c1-15(2)35-9-10-37-24-19(27)11-16(12-22(24)35)23-20(28)14-31-26(33-23)32-17-3-4-21(18(13-17)25(29)36)34-7-5-30-6-8-34/h3-4,11-15,30H,5-10H2,1-2H3,(H2,29,36)(H,31,32,33). The second-order valence-corrected chi connectivity index (χ2v) is 9.29. The van der Waals surface area contributed by atoms with Crippen LogP contribution in [-0.4, -0.2) is 61.2 Å². The Labute approximate surface area is 213 Å². The Hall–Kier alpha value is -3.99. The van der Waals surface area contributed by atoms with Gasteiger partial charge in [0.25, 0.3) is 5.91 Å². The molecule has 5 rings (SSSR count). The van der Waals surface area contributed by atoms with E-state index in [0.29, 0.717) is 30.1 Å². The molecule has 0 radical (unpaired) electrons. The Morgan fingerprint density at radius 3 is 2.62 bits per heavy atom. The second-order valence-electron chi connectivity index (χ2n) is 9.29. The van der Waals surface area contributed by atoms with Gasteiger partial charge in [0.05, 0.1) is 24.0 Å². The molecular weight excluding hydrogens is 480 g/mol. The number of nitrogens with zero attached hydrogens (tertiary/aromatic N) is 4. The van der Waals surface area contributed by atoms with Crippen molar-refractivity contribution in [1.82, 2.24) is 15.3 Å². The molecule has 0 bridgehead atoms. The first-order valence-corrected chi connectivity index (χ1v) is 12.2. The van der Waals surface area contributed by atoms with E-state index in [1.165, 1.54) is 6.07 Å². The third kappa shape index (κ3) is 4.99. The fraction of sp³-hybridized carbons (Fsp3) is 0.346. The topological polar surface area (TPSA) is 109 Å². The number of benzene rings is 2. The number of amides is 1. The number of ether oxygens (including phenoxy) is 1. The first-order chi connectivity index (χ1) is 17.8. The van der Waals surface area contributed by atoms with Crippen LogP contribution in [-0.2, 0) is 0 Å². The van der Waals surface area contributed by atoms with Gasteiger partial charge in [-0.1, -0.05) is 0 Å². The van der Waals surface area contributed by atoms with Crippen LogP contribution in [0.1, 0.15) is 24.2 Å². The van der Waals surface area contributed by atoms with Crippen LogP contribution in [0.5, 0.6) is 5.75 Å². The number of carbonyl (C=O) groups is 1. The van der Waals surface area contributed by atoms with E-state index >= 15 is 0 Å². The lowest BCUT2D eigenvalue weighted by Gasteiger charge is -2.34. The van der Waals surface area contributed by atoms with E-state index in [4.69, 9.17) is 10.5 Å². The maximum Gasteiger partial charge on any atom is 0.250 e. The smallest absolute Gasteiger partial charge is 0.250 e. The van der Waals surface area contributed by atoms with Gasteiger partial charge in [-0.05, 0) is 44.2 Å². The summed E-state index contributed by atoms with van der Waals surface area (Å²) in [5.74, 6) is -1.58. The van der Waals surface area contributed by atoms with E-state index in [-0.39, 0.29) is 29.0 Å². The summed E-state index contributed by atoms with van der Waals surface area (Å²) >= 11 is 0. The molecule has 1 saturated heterocycles. The summed E-state index contributed by atoms with van der Waals surface area (Å²) in [6.07, 6.45) is 1.03. The largest absolute Gasteiger partial charge is 0.486 e. The molecule has 0 unspecified atom stereocenters. The minimum atomic E-state index is -0.690. The first kappa shape index (κ1) is 24.7. The molecule has 0 atom stereocenters. The van der Waals surface area contributed by atoms with Gasteiger partial charge in [-0.25, -0.2) is 18.7 Å². The van der Waals surface area contributed by atoms with Crippen molar-refractivity contribution >= 4 is 28.9 Å². The minimum absolute atomic E-state index is 0.0546. The number of hydrogen-bond acceptors (Lipinski definition) is 8. The number of hydrogen-bond donors (Lipinski definition) is 3. The van der Waals surface area contributed by atoms with E-state index < -0.39 is 17.5 Å². The number of primary amides is 1. The molecule has 1 fully saturated rings. The van der Waals surface area contributed by atoms with E-state index in [1.54, 1.807) is 18.2 Å². The summed E-state index contributed by atoms with van der Waals surface area (Å²) < 4.78 is 35.4. The number of carbonyl (C=O) groups excluding carboxylic acids is 1. The SMILES string of the molecule is CC(C)N1CCOc2c(F)cc(-c3nc(Nc4ccc(N5CCNCC5)c(C(N)=O)c4)ncc3F)cc21. The molecule has 2 aliphatic heterocycles. The number of nitrogens with two attached hydrogens (primary N) is 1. The van der Waals surface area contributed by atoms with Crippen molar-refractivity contribution in [3.63, 3.8) is 0 Å². The number of nitrogens with one attached hydrogen (secondary N) is 2. The maximum absolute atomic E-state index is 15.0. The molecule has 1 aromatic heterocycles. The number of anilines is 4. The van der Waals surface area contributed by atoms with Crippen LogP contribution in [0.15, 0.2) is 36.5 Å². The summed E-state index contributed by atoms with van der Waals surface area (Å²) in [4.78, 5) is 24.7. The molecular formula is C26H29F2N7O2. The van der Waals surface area contributed by atoms with Gasteiger partial charge in [0.15, 0.2) is 17.4 Å². The van der Waals surface area contributed by atoms with E-state index in [9.17, 15) is 13.6 Å². The molecule has 194 valence electrons. The second kappa shape index (κ2) is 10.2. The lowest BCUT2D eigenvalue weighted by atomic mass is 10.1. The zero-order valence-corrected chi connectivity index (χ0v) is 20.7. The fourth-order valence-corrected chi connectivity index (χ4v) is 4.73. The third-order valence-electron chi connectivity index (χ3n) is 6.53. The Bertz CT molecular complexity index is 1330. The average molecular weight is 510 g/mol. The molecule has 2 aliphatic rings. The number of halogens is 2. The van der Waals surface area contributed by atoms with Gasteiger partial charge in [-0.15, -0.1) is 0 Å². The molecule has 11 heteroatoms. The summed E-state index contributed by atoms with van der Waals surface area (Å²) in [7, 11) is 0. The van der Waals surface area contributed by atoms with Gasteiger partial charge in [0.1, 0.15) is 12.3 Å². The van der Waals surface area contributed by atoms with Crippen LogP contribution in [0.25, 0.3) is 11.3 Å². The highest BCUT2D eigenvalue weighted by Gasteiger charge is 2.26. The fourth-order valence-electron chi connectivity index (χ4n) is 4.73. The molecule has 37 heavy (non-hydrogen) atoms. The lowest BCUT2D eigenvalue weighted by Crippen LogP contribution is -2.44. The van der Waals surface area contributed by atoms with Gasteiger partial charge in [0, 0.05) is 49.2 Å². The van der Waals surface area contributed by atoms with Gasteiger partial charge in [0.2, 0.25) is 5.95 Å². The third-order valence-corrected chi connectivity index (χ3v) is 6.53. The molecule has 3 aromatic rings. The lowest BCUT2D eigenvalue weighted by molar-refractivity contribution is 0.100. The van der Waals surface area contributed by atoms with Gasteiger partial charge in [-0.3, -0.25) is 4.79 Å².